The van der Waals surface area contributed by atoms with Gasteiger partial charge in [-0.05, 0) is 36.8 Å². The molecule has 1 aliphatic heterocycles. The molecule has 1 atom stereocenters. The van der Waals surface area contributed by atoms with E-state index < -0.39 is 0 Å². The van der Waals surface area contributed by atoms with Crippen molar-refractivity contribution in [1.29, 1.82) is 0 Å². The molecule has 1 aliphatic rings. The number of benzene rings is 2. The van der Waals surface area contributed by atoms with Gasteiger partial charge in [0.1, 0.15) is 0 Å². The summed E-state index contributed by atoms with van der Waals surface area (Å²) in [5.41, 5.74) is 2.56. The van der Waals surface area contributed by atoms with Gasteiger partial charge in [-0.25, -0.2) is 4.79 Å². The minimum absolute atomic E-state index is 0.0735. The normalized spacial score (nSPS) is 17.2. The van der Waals surface area contributed by atoms with Gasteiger partial charge in [-0.3, -0.25) is 0 Å². The second kappa shape index (κ2) is 7.82. The van der Waals surface area contributed by atoms with E-state index in [-0.39, 0.29) is 12.1 Å². The van der Waals surface area contributed by atoms with Gasteiger partial charge >= 0.3 is 6.03 Å². The number of aryl methyl sites for hydroxylation is 1. The Bertz CT molecular complexity index is 612. The van der Waals surface area contributed by atoms with E-state index >= 15 is 0 Å². The molecule has 0 aliphatic carbocycles. The number of urea groups is 1. The second-order valence-electron chi connectivity index (χ2n) is 6.08. The van der Waals surface area contributed by atoms with Gasteiger partial charge < -0.3 is 10.2 Å². The molecule has 2 aromatic carbocycles. The van der Waals surface area contributed by atoms with Crippen molar-refractivity contribution in [2.24, 2.45) is 0 Å². The van der Waals surface area contributed by atoms with Gasteiger partial charge in [0, 0.05) is 13.1 Å². The number of likely N-dealkylation sites (tertiary alicyclic amines) is 1. The maximum Gasteiger partial charge on any atom is 0.317 e. The highest BCUT2D eigenvalue weighted by Gasteiger charge is 2.29. The first-order valence-corrected chi connectivity index (χ1v) is 8.48. The molecule has 3 rings (SSSR count). The third-order valence-electron chi connectivity index (χ3n) is 4.46. The topological polar surface area (TPSA) is 32.3 Å². The van der Waals surface area contributed by atoms with E-state index in [1.54, 1.807) is 0 Å². The van der Waals surface area contributed by atoms with Gasteiger partial charge in [0.15, 0.2) is 0 Å². The van der Waals surface area contributed by atoms with Crippen LogP contribution in [-0.4, -0.2) is 24.0 Å². The zero-order valence-corrected chi connectivity index (χ0v) is 13.4. The molecule has 0 unspecified atom stereocenters. The second-order valence-corrected chi connectivity index (χ2v) is 6.08. The summed E-state index contributed by atoms with van der Waals surface area (Å²) in [4.78, 5) is 14.4. The molecule has 0 radical (unpaired) electrons. The molecule has 2 aromatic rings. The van der Waals surface area contributed by atoms with Gasteiger partial charge in [-0.2, -0.15) is 0 Å². The van der Waals surface area contributed by atoms with Crippen LogP contribution in [0.5, 0.6) is 0 Å². The van der Waals surface area contributed by atoms with Crippen LogP contribution in [0.1, 0.15) is 36.4 Å². The first kappa shape index (κ1) is 15.6. The van der Waals surface area contributed by atoms with Crippen molar-refractivity contribution in [2.75, 3.05) is 13.1 Å². The zero-order chi connectivity index (χ0) is 15.9. The number of carbonyl (C=O) groups excluding carboxylic acids is 1. The fraction of sp³-hybridized carbons (Fsp3) is 0.350. The van der Waals surface area contributed by atoms with E-state index in [0.29, 0.717) is 0 Å². The van der Waals surface area contributed by atoms with Gasteiger partial charge in [0.05, 0.1) is 6.04 Å². The lowest BCUT2D eigenvalue weighted by molar-refractivity contribution is 0.193. The minimum Gasteiger partial charge on any atom is -0.338 e. The van der Waals surface area contributed by atoms with Crippen LogP contribution < -0.4 is 5.32 Å². The number of rotatable bonds is 5. The lowest BCUT2D eigenvalue weighted by Gasteiger charge is -2.25. The quantitative estimate of drug-likeness (QED) is 0.826. The van der Waals surface area contributed by atoms with Crippen LogP contribution in [0.15, 0.2) is 60.7 Å². The number of hydrogen-bond donors (Lipinski definition) is 1. The van der Waals surface area contributed by atoms with Crippen LogP contribution >= 0.6 is 0 Å². The largest absolute Gasteiger partial charge is 0.338 e. The molecular formula is C20H24N2O. The minimum atomic E-state index is 0.0735. The molecular weight excluding hydrogens is 284 g/mol. The summed E-state index contributed by atoms with van der Waals surface area (Å²) in [5, 5.41) is 3.08. The van der Waals surface area contributed by atoms with Crippen LogP contribution in [0.4, 0.5) is 4.79 Å². The van der Waals surface area contributed by atoms with E-state index in [0.717, 1.165) is 38.8 Å². The summed E-state index contributed by atoms with van der Waals surface area (Å²) < 4.78 is 0. The van der Waals surface area contributed by atoms with Crippen molar-refractivity contribution < 1.29 is 4.79 Å². The Morgan fingerprint density at radius 2 is 1.74 bits per heavy atom. The molecule has 3 heteroatoms. The number of nitrogens with one attached hydrogen (secondary N) is 1. The molecule has 3 nitrogen and oxygen atoms in total. The number of carbonyl (C=O) groups is 1. The maximum atomic E-state index is 12.5. The average Bonchev–Trinajstić information content (AvgIpc) is 3.10. The molecule has 2 amide bonds. The zero-order valence-electron chi connectivity index (χ0n) is 13.4. The van der Waals surface area contributed by atoms with Crippen molar-refractivity contribution >= 4 is 6.03 Å². The molecule has 1 saturated heterocycles. The van der Waals surface area contributed by atoms with E-state index in [9.17, 15) is 4.79 Å². The van der Waals surface area contributed by atoms with Crippen LogP contribution in [0.25, 0.3) is 0 Å². The summed E-state index contributed by atoms with van der Waals surface area (Å²) in [5.74, 6) is 0. The molecule has 23 heavy (non-hydrogen) atoms. The Hall–Kier alpha value is -2.29. The summed E-state index contributed by atoms with van der Waals surface area (Å²) in [6.07, 6.45) is 4.11. The van der Waals surface area contributed by atoms with Gasteiger partial charge in [-0.15, -0.1) is 0 Å². The van der Waals surface area contributed by atoms with Gasteiger partial charge in [-0.1, -0.05) is 60.7 Å². The molecule has 0 saturated carbocycles. The lowest BCUT2D eigenvalue weighted by atomic mass is 10.1. The standard InChI is InChI=1S/C20H24N2O/c23-20(21-15-7-11-17-9-3-1-4-10-17)22-16-8-14-19(22)18-12-5-2-6-13-18/h1-6,9-10,12-13,19H,7-8,11,14-16H2,(H,21,23)/t19-/m0/s1. The average molecular weight is 308 g/mol. The Balaban J connectivity index is 1.48. The summed E-state index contributed by atoms with van der Waals surface area (Å²) in [6, 6.07) is 21.1. The summed E-state index contributed by atoms with van der Waals surface area (Å²) in [7, 11) is 0. The van der Waals surface area contributed by atoms with Crippen LogP contribution in [0.3, 0.4) is 0 Å². The Labute approximate surface area is 138 Å². The van der Waals surface area contributed by atoms with E-state index in [1.807, 2.05) is 29.2 Å². The molecule has 0 aromatic heterocycles. The van der Waals surface area contributed by atoms with Crippen LogP contribution in [0.2, 0.25) is 0 Å². The summed E-state index contributed by atoms with van der Waals surface area (Å²) in [6.45, 7) is 1.58. The fourth-order valence-electron chi connectivity index (χ4n) is 3.27. The SMILES string of the molecule is O=C(NCCCc1ccccc1)N1CCC[C@H]1c1ccccc1. The van der Waals surface area contributed by atoms with Crippen LogP contribution in [-0.2, 0) is 6.42 Å². The van der Waals surface area contributed by atoms with Crippen molar-refractivity contribution in [1.82, 2.24) is 10.2 Å². The maximum absolute atomic E-state index is 12.5. The van der Waals surface area contributed by atoms with Crippen molar-refractivity contribution in [3.8, 4) is 0 Å². The molecule has 120 valence electrons. The van der Waals surface area contributed by atoms with Crippen LogP contribution in [0, 0.1) is 0 Å². The highest BCUT2D eigenvalue weighted by atomic mass is 16.2. The lowest BCUT2D eigenvalue weighted by Crippen LogP contribution is -2.39. The highest BCUT2D eigenvalue weighted by Crippen LogP contribution is 2.31. The smallest absolute Gasteiger partial charge is 0.317 e. The molecule has 1 heterocycles. The van der Waals surface area contributed by atoms with Crippen molar-refractivity contribution in [3.63, 3.8) is 0 Å². The van der Waals surface area contributed by atoms with Gasteiger partial charge in [0.2, 0.25) is 0 Å². The third kappa shape index (κ3) is 4.13. The first-order chi connectivity index (χ1) is 11.3. The fourth-order valence-corrected chi connectivity index (χ4v) is 3.27. The van der Waals surface area contributed by atoms with Crippen molar-refractivity contribution in [3.05, 3.63) is 71.8 Å². The number of amides is 2. The van der Waals surface area contributed by atoms with Crippen molar-refractivity contribution in [2.45, 2.75) is 31.7 Å². The van der Waals surface area contributed by atoms with Gasteiger partial charge in [0.25, 0.3) is 0 Å². The monoisotopic (exact) mass is 308 g/mol. The first-order valence-electron chi connectivity index (χ1n) is 8.48. The molecule has 1 fully saturated rings. The number of nitrogens with zero attached hydrogens (tertiary/aromatic N) is 1. The summed E-state index contributed by atoms with van der Waals surface area (Å²) >= 11 is 0. The predicted molar refractivity (Wildman–Crippen MR) is 93.3 cm³/mol. The number of hydrogen-bond acceptors (Lipinski definition) is 1. The Morgan fingerprint density at radius 1 is 1.04 bits per heavy atom. The Morgan fingerprint density at radius 3 is 2.48 bits per heavy atom. The molecule has 0 spiro atoms. The highest BCUT2D eigenvalue weighted by molar-refractivity contribution is 5.75. The third-order valence-corrected chi connectivity index (χ3v) is 4.46. The Kier molecular flexibility index (Phi) is 5.30. The molecule has 0 bridgehead atoms. The van der Waals surface area contributed by atoms with E-state index in [1.165, 1.54) is 11.1 Å². The molecule has 1 N–H and O–H groups in total. The van der Waals surface area contributed by atoms with E-state index in [4.69, 9.17) is 0 Å². The predicted octanol–water partition coefficient (Wildman–Crippen LogP) is 4.17. The van der Waals surface area contributed by atoms with E-state index in [2.05, 4.69) is 41.7 Å².